The highest BCUT2D eigenvalue weighted by molar-refractivity contribution is 6.31. The molecular weight excluding hydrogens is 350 g/mol. The fraction of sp³-hybridized carbons (Fsp3) is 0.261. The van der Waals surface area contributed by atoms with Crippen molar-refractivity contribution < 1.29 is 9.59 Å². The van der Waals surface area contributed by atoms with Crippen molar-refractivity contribution >= 4 is 45.3 Å². The van der Waals surface area contributed by atoms with Gasteiger partial charge < -0.3 is 4.90 Å². The second kappa shape index (κ2) is 7.17. The van der Waals surface area contributed by atoms with Gasteiger partial charge in [-0.1, -0.05) is 31.2 Å². The van der Waals surface area contributed by atoms with E-state index in [0.29, 0.717) is 24.2 Å². The van der Waals surface area contributed by atoms with Gasteiger partial charge in [-0.05, 0) is 49.5 Å². The van der Waals surface area contributed by atoms with E-state index in [1.165, 1.54) is 4.90 Å². The lowest BCUT2D eigenvalue weighted by atomic mass is 9.89. The van der Waals surface area contributed by atoms with Crippen molar-refractivity contribution in [2.45, 2.75) is 13.3 Å². The standard InChI is InChI=1S/C23H23N3O2/c1-4-11-24-19-10-6-8-16-18(19)14-15-7-5-9-17-20(15)21(16)23(28)26(22(17)27)13-12-25(2)3/h5-11,14H,4,12-13H2,1-3H3. The molecule has 0 N–H and O–H groups in total. The number of carbonyl (C=O) groups is 2. The van der Waals surface area contributed by atoms with Gasteiger partial charge in [0, 0.05) is 35.6 Å². The van der Waals surface area contributed by atoms with Crippen LogP contribution in [-0.2, 0) is 0 Å². The van der Waals surface area contributed by atoms with Crippen molar-refractivity contribution in [2.24, 2.45) is 4.99 Å². The van der Waals surface area contributed by atoms with E-state index >= 15 is 0 Å². The number of likely N-dealkylation sites (N-methyl/N-ethyl adjacent to an activating group) is 1. The summed E-state index contributed by atoms with van der Waals surface area (Å²) in [4.78, 5) is 34.4. The number of aliphatic imine (C=N–C) groups is 1. The third kappa shape index (κ3) is 2.88. The Morgan fingerprint density at radius 3 is 2.57 bits per heavy atom. The molecule has 4 rings (SSSR count). The summed E-state index contributed by atoms with van der Waals surface area (Å²) >= 11 is 0. The monoisotopic (exact) mass is 373 g/mol. The Labute approximate surface area is 164 Å². The van der Waals surface area contributed by atoms with Crippen LogP contribution in [0.4, 0.5) is 5.69 Å². The lowest BCUT2D eigenvalue weighted by Crippen LogP contribution is -2.43. The van der Waals surface area contributed by atoms with Crippen LogP contribution in [-0.4, -0.2) is 55.0 Å². The molecule has 0 atom stereocenters. The first-order chi connectivity index (χ1) is 13.5. The smallest absolute Gasteiger partial charge is 0.262 e. The normalized spacial score (nSPS) is 14.2. The van der Waals surface area contributed by atoms with Gasteiger partial charge >= 0.3 is 0 Å². The van der Waals surface area contributed by atoms with Gasteiger partial charge in [0.15, 0.2) is 0 Å². The molecule has 0 unspecified atom stereocenters. The summed E-state index contributed by atoms with van der Waals surface area (Å²) in [5, 5.41) is 3.43. The largest absolute Gasteiger partial charge is 0.308 e. The zero-order chi connectivity index (χ0) is 19.8. The molecule has 0 aromatic heterocycles. The van der Waals surface area contributed by atoms with E-state index in [1.54, 1.807) is 0 Å². The van der Waals surface area contributed by atoms with Crippen LogP contribution in [0, 0.1) is 0 Å². The summed E-state index contributed by atoms with van der Waals surface area (Å²) in [6, 6.07) is 13.5. The van der Waals surface area contributed by atoms with Crippen LogP contribution in [0.2, 0.25) is 0 Å². The number of carbonyl (C=O) groups excluding carboxylic acids is 2. The molecule has 28 heavy (non-hydrogen) atoms. The number of nitrogens with zero attached hydrogens (tertiary/aromatic N) is 3. The fourth-order valence-corrected chi connectivity index (χ4v) is 3.76. The molecule has 0 bridgehead atoms. The first-order valence-electron chi connectivity index (χ1n) is 9.54. The topological polar surface area (TPSA) is 53.0 Å². The number of amides is 2. The third-order valence-corrected chi connectivity index (χ3v) is 5.12. The summed E-state index contributed by atoms with van der Waals surface area (Å²) in [6.07, 6.45) is 2.71. The molecule has 142 valence electrons. The highest BCUT2D eigenvalue weighted by Crippen LogP contribution is 2.38. The van der Waals surface area contributed by atoms with Crippen LogP contribution < -0.4 is 0 Å². The molecule has 0 saturated carbocycles. The van der Waals surface area contributed by atoms with Crippen molar-refractivity contribution in [3.63, 3.8) is 0 Å². The average molecular weight is 373 g/mol. The van der Waals surface area contributed by atoms with Crippen molar-refractivity contribution in [1.82, 2.24) is 9.80 Å². The average Bonchev–Trinajstić information content (AvgIpc) is 2.68. The summed E-state index contributed by atoms with van der Waals surface area (Å²) < 4.78 is 0. The minimum Gasteiger partial charge on any atom is -0.308 e. The van der Waals surface area contributed by atoms with Gasteiger partial charge in [-0.25, -0.2) is 0 Å². The molecule has 1 aliphatic rings. The molecule has 3 aromatic carbocycles. The second-order valence-electron chi connectivity index (χ2n) is 7.31. The maximum absolute atomic E-state index is 13.4. The predicted octanol–water partition coefficient (Wildman–Crippen LogP) is 4.26. The maximum atomic E-state index is 13.4. The molecule has 1 heterocycles. The minimum atomic E-state index is -0.224. The van der Waals surface area contributed by atoms with Gasteiger partial charge in [0.25, 0.3) is 11.8 Å². The molecule has 0 saturated heterocycles. The van der Waals surface area contributed by atoms with E-state index in [9.17, 15) is 9.59 Å². The second-order valence-corrected chi connectivity index (χ2v) is 7.31. The molecule has 2 amide bonds. The Morgan fingerprint density at radius 1 is 1.04 bits per heavy atom. The zero-order valence-electron chi connectivity index (χ0n) is 16.4. The van der Waals surface area contributed by atoms with Crippen LogP contribution in [0.15, 0.2) is 47.5 Å². The van der Waals surface area contributed by atoms with Crippen molar-refractivity contribution in [3.05, 3.63) is 53.6 Å². The molecule has 0 fully saturated rings. The number of fused-ring (bicyclic) bond motifs is 2. The fourth-order valence-electron chi connectivity index (χ4n) is 3.76. The molecule has 5 heteroatoms. The molecule has 0 radical (unpaired) electrons. The molecule has 0 spiro atoms. The van der Waals surface area contributed by atoms with Crippen LogP contribution >= 0.6 is 0 Å². The summed E-state index contributed by atoms with van der Waals surface area (Å²) in [6.45, 7) is 3.03. The van der Waals surface area contributed by atoms with Gasteiger partial charge in [0.2, 0.25) is 0 Å². The predicted molar refractivity (Wildman–Crippen MR) is 114 cm³/mol. The molecule has 5 nitrogen and oxygen atoms in total. The Kier molecular flexibility index (Phi) is 4.69. The van der Waals surface area contributed by atoms with E-state index in [2.05, 4.69) is 4.99 Å². The number of imide groups is 1. The summed E-state index contributed by atoms with van der Waals surface area (Å²) in [5.74, 6) is -0.442. The Bertz CT molecular complexity index is 1130. The first-order valence-corrected chi connectivity index (χ1v) is 9.54. The third-order valence-electron chi connectivity index (χ3n) is 5.12. The Hall–Kier alpha value is -3.05. The lowest BCUT2D eigenvalue weighted by Gasteiger charge is -2.29. The maximum Gasteiger partial charge on any atom is 0.262 e. The van der Waals surface area contributed by atoms with Crippen molar-refractivity contribution in [1.29, 1.82) is 0 Å². The van der Waals surface area contributed by atoms with Crippen LogP contribution in [0.5, 0.6) is 0 Å². The van der Waals surface area contributed by atoms with Crippen LogP contribution in [0.3, 0.4) is 0 Å². The number of hydrogen-bond acceptors (Lipinski definition) is 4. The highest BCUT2D eigenvalue weighted by atomic mass is 16.2. The number of benzene rings is 3. The van der Waals surface area contributed by atoms with E-state index in [1.807, 2.05) is 74.6 Å². The number of rotatable bonds is 5. The Balaban J connectivity index is 2.01. The SMILES string of the molecule is CCC=Nc1cccc2c3c4c(cccc4cc12)C(=O)N(CCN(C)C)C3=O. The minimum absolute atomic E-state index is 0.218. The van der Waals surface area contributed by atoms with E-state index < -0.39 is 0 Å². The zero-order valence-corrected chi connectivity index (χ0v) is 16.4. The van der Waals surface area contributed by atoms with Gasteiger partial charge in [-0.2, -0.15) is 0 Å². The first kappa shape index (κ1) is 18.3. The van der Waals surface area contributed by atoms with Gasteiger partial charge in [-0.3, -0.25) is 19.5 Å². The van der Waals surface area contributed by atoms with Crippen LogP contribution in [0.1, 0.15) is 34.1 Å². The van der Waals surface area contributed by atoms with Gasteiger partial charge in [-0.15, -0.1) is 0 Å². The van der Waals surface area contributed by atoms with E-state index in [4.69, 9.17) is 0 Å². The summed E-state index contributed by atoms with van der Waals surface area (Å²) in [5.41, 5.74) is 2.04. The van der Waals surface area contributed by atoms with Crippen molar-refractivity contribution in [2.75, 3.05) is 27.2 Å². The molecular formula is C23H23N3O2. The van der Waals surface area contributed by atoms with Gasteiger partial charge in [0.05, 0.1) is 11.3 Å². The van der Waals surface area contributed by atoms with Crippen LogP contribution in [0.25, 0.3) is 21.5 Å². The van der Waals surface area contributed by atoms with E-state index in [-0.39, 0.29) is 11.8 Å². The summed E-state index contributed by atoms with van der Waals surface area (Å²) in [7, 11) is 3.86. The lowest BCUT2D eigenvalue weighted by molar-refractivity contribution is 0.0602. The van der Waals surface area contributed by atoms with Crippen molar-refractivity contribution in [3.8, 4) is 0 Å². The molecule has 3 aromatic rings. The molecule has 0 aliphatic carbocycles. The Morgan fingerprint density at radius 2 is 1.82 bits per heavy atom. The number of hydrogen-bond donors (Lipinski definition) is 0. The van der Waals surface area contributed by atoms with Gasteiger partial charge in [0.1, 0.15) is 0 Å². The molecule has 1 aliphatic heterocycles. The van der Waals surface area contributed by atoms with E-state index in [0.717, 1.165) is 33.7 Å². The quantitative estimate of drug-likeness (QED) is 0.381. The highest BCUT2D eigenvalue weighted by Gasteiger charge is 2.34.